The van der Waals surface area contributed by atoms with Gasteiger partial charge in [0.1, 0.15) is 0 Å². The number of hydrogen-bond acceptors (Lipinski definition) is 5. The Morgan fingerprint density at radius 1 is 1.28 bits per heavy atom. The summed E-state index contributed by atoms with van der Waals surface area (Å²) >= 11 is 0. The SMILES string of the molecule is N=C(N)NS(=O)(=O)c1ccc(C(=O)NC=O)cc1. The molecule has 0 atom stereocenters. The van der Waals surface area contributed by atoms with Crippen molar-refractivity contribution >= 4 is 28.3 Å². The number of hydrogen-bond donors (Lipinski definition) is 4. The number of benzene rings is 1. The van der Waals surface area contributed by atoms with Gasteiger partial charge < -0.3 is 5.73 Å². The predicted molar refractivity (Wildman–Crippen MR) is 62.2 cm³/mol. The first-order valence-electron chi connectivity index (χ1n) is 4.58. The van der Waals surface area contributed by atoms with Gasteiger partial charge in [0.05, 0.1) is 4.90 Å². The summed E-state index contributed by atoms with van der Waals surface area (Å²) in [5, 5.41) is 8.76. The number of sulfonamides is 1. The third kappa shape index (κ3) is 3.28. The lowest BCUT2D eigenvalue weighted by atomic mass is 10.2. The average molecular weight is 270 g/mol. The first-order valence-corrected chi connectivity index (χ1v) is 6.06. The fourth-order valence-corrected chi connectivity index (χ4v) is 2.03. The van der Waals surface area contributed by atoms with E-state index in [-0.39, 0.29) is 16.9 Å². The molecule has 0 saturated heterocycles. The summed E-state index contributed by atoms with van der Waals surface area (Å²) in [7, 11) is -3.92. The molecule has 1 aromatic rings. The van der Waals surface area contributed by atoms with E-state index in [9.17, 15) is 18.0 Å². The fourth-order valence-electron chi connectivity index (χ4n) is 1.13. The Kier molecular flexibility index (Phi) is 4.00. The minimum Gasteiger partial charge on any atom is -0.369 e. The van der Waals surface area contributed by atoms with Gasteiger partial charge >= 0.3 is 0 Å². The Balaban J connectivity index is 2.99. The molecule has 0 aliphatic heterocycles. The molecule has 9 heteroatoms. The fraction of sp³-hybridized carbons (Fsp3) is 0. The number of imide groups is 1. The number of amides is 2. The van der Waals surface area contributed by atoms with E-state index in [4.69, 9.17) is 11.1 Å². The number of carbonyl (C=O) groups is 2. The summed E-state index contributed by atoms with van der Waals surface area (Å²) in [5.74, 6) is -1.36. The molecule has 2 amide bonds. The molecule has 0 aliphatic carbocycles. The summed E-state index contributed by atoms with van der Waals surface area (Å²) < 4.78 is 24.9. The van der Waals surface area contributed by atoms with Crippen LogP contribution in [-0.2, 0) is 14.8 Å². The van der Waals surface area contributed by atoms with Gasteiger partial charge in [-0.05, 0) is 24.3 Å². The number of rotatable bonds is 4. The molecule has 5 N–H and O–H groups in total. The summed E-state index contributed by atoms with van der Waals surface area (Å²) in [4.78, 5) is 21.1. The predicted octanol–water partition coefficient (Wildman–Crippen LogP) is -1.26. The molecule has 1 rings (SSSR count). The average Bonchev–Trinajstić information content (AvgIpc) is 2.28. The van der Waals surface area contributed by atoms with Gasteiger partial charge in [-0.2, -0.15) is 0 Å². The summed E-state index contributed by atoms with van der Waals surface area (Å²) in [6.07, 6.45) is 0.226. The van der Waals surface area contributed by atoms with Crippen molar-refractivity contribution in [3.8, 4) is 0 Å². The van der Waals surface area contributed by atoms with Crippen molar-refractivity contribution in [1.82, 2.24) is 10.0 Å². The smallest absolute Gasteiger partial charge is 0.264 e. The maximum absolute atomic E-state index is 11.6. The molecule has 18 heavy (non-hydrogen) atoms. The zero-order valence-corrected chi connectivity index (χ0v) is 9.82. The minimum absolute atomic E-state index is 0.129. The van der Waals surface area contributed by atoms with Gasteiger partial charge in [-0.25, -0.2) is 13.1 Å². The van der Waals surface area contributed by atoms with Crippen molar-refractivity contribution in [2.24, 2.45) is 5.73 Å². The monoisotopic (exact) mass is 270 g/mol. The minimum atomic E-state index is -3.92. The zero-order valence-electron chi connectivity index (χ0n) is 9.01. The molecule has 0 radical (unpaired) electrons. The van der Waals surface area contributed by atoms with E-state index in [1.54, 1.807) is 4.72 Å². The topological polar surface area (TPSA) is 142 Å². The lowest BCUT2D eigenvalue weighted by Gasteiger charge is -2.06. The highest BCUT2D eigenvalue weighted by atomic mass is 32.2. The van der Waals surface area contributed by atoms with Crippen molar-refractivity contribution in [3.05, 3.63) is 29.8 Å². The van der Waals surface area contributed by atoms with Gasteiger partial charge in [-0.1, -0.05) is 0 Å². The third-order valence-corrected chi connectivity index (χ3v) is 3.24. The van der Waals surface area contributed by atoms with E-state index in [1.165, 1.54) is 12.1 Å². The first-order chi connectivity index (χ1) is 8.36. The lowest BCUT2D eigenvalue weighted by Crippen LogP contribution is -2.35. The molecule has 0 bridgehead atoms. The summed E-state index contributed by atoms with van der Waals surface area (Å²) in [6, 6.07) is 4.77. The van der Waals surface area contributed by atoms with Gasteiger partial charge in [0.25, 0.3) is 15.9 Å². The highest BCUT2D eigenvalue weighted by Crippen LogP contribution is 2.10. The van der Waals surface area contributed by atoms with Crippen LogP contribution in [0, 0.1) is 5.41 Å². The van der Waals surface area contributed by atoms with Crippen LogP contribution in [0.1, 0.15) is 10.4 Å². The van der Waals surface area contributed by atoms with E-state index < -0.39 is 21.9 Å². The van der Waals surface area contributed by atoms with Crippen LogP contribution in [0.4, 0.5) is 0 Å². The second kappa shape index (κ2) is 5.27. The van der Waals surface area contributed by atoms with Crippen molar-refractivity contribution in [3.63, 3.8) is 0 Å². The van der Waals surface area contributed by atoms with Crippen LogP contribution in [0.2, 0.25) is 0 Å². The molecule has 1 aromatic carbocycles. The van der Waals surface area contributed by atoms with Crippen LogP contribution in [0.25, 0.3) is 0 Å². The van der Waals surface area contributed by atoms with E-state index in [1.807, 2.05) is 5.32 Å². The van der Waals surface area contributed by atoms with Crippen LogP contribution < -0.4 is 15.8 Å². The number of guanidine groups is 1. The second-order valence-corrected chi connectivity index (χ2v) is 4.82. The number of carbonyl (C=O) groups excluding carboxylic acids is 2. The van der Waals surface area contributed by atoms with Crippen molar-refractivity contribution in [2.75, 3.05) is 0 Å². The Morgan fingerprint density at radius 3 is 2.28 bits per heavy atom. The second-order valence-electron chi connectivity index (χ2n) is 3.13. The highest BCUT2D eigenvalue weighted by Gasteiger charge is 2.15. The number of nitrogens with two attached hydrogens (primary N) is 1. The van der Waals surface area contributed by atoms with Gasteiger partial charge in [0.2, 0.25) is 6.41 Å². The summed E-state index contributed by atoms with van der Waals surface area (Å²) in [5.41, 5.74) is 5.05. The largest absolute Gasteiger partial charge is 0.369 e. The molecule has 0 aliphatic rings. The van der Waals surface area contributed by atoms with E-state index in [0.29, 0.717) is 0 Å². The van der Waals surface area contributed by atoms with Gasteiger partial charge in [-0.3, -0.25) is 20.3 Å². The Morgan fingerprint density at radius 2 is 1.83 bits per heavy atom. The first kappa shape index (κ1) is 13.6. The lowest BCUT2D eigenvalue weighted by molar-refractivity contribution is -0.108. The highest BCUT2D eigenvalue weighted by molar-refractivity contribution is 7.90. The molecule has 0 spiro atoms. The van der Waals surface area contributed by atoms with Gasteiger partial charge in [0, 0.05) is 5.56 Å². The van der Waals surface area contributed by atoms with Crippen molar-refractivity contribution < 1.29 is 18.0 Å². The van der Waals surface area contributed by atoms with Crippen LogP contribution in [-0.4, -0.2) is 26.7 Å². The van der Waals surface area contributed by atoms with E-state index in [0.717, 1.165) is 12.1 Å². The molecule has 96 valence electrons. The molecule has 0 heterocycles. The van der Waals surface area contributed by atoms with E-state index >= 15 is 0 Å². The zero-order chi connectivity index (χ0) is 13.8. The Hall–Kier alpha value is -2.42. The molecule has 0 fully saturated rings. The Bertz CT molecular complexity index is 579. The molecule has 0 aromatic heterocycles. The summed E-state index contributed by atoms with van der Waals surface area (Å²) in [6.45, 7) is 0. The van der Waals surface area contributed by atoms with Crippen LogP contribution >= 0.6 is 0 Å². The normalized spacial score (nSPS) is 10.4. The standard InChI is InChI=1S/C9H10N4O4S/c10-9(11)13-18(16,17)7-3-1-6(2-4-7)8(15)12-5-14/h1-5H,(H4,10,11,13)(H,12,14,15). The molecule has 0 saturated carbocycles. The van der Waals surface area contributed by atoms with Crippen LogP contribution in [0.15, 0.2) is 29.2 Å². The van der Waals surface area contributed by atoms with Crippen molar-refractivity contribution in [2.45, 2.75) is 4.90 Å². The van der Waals surface area contributed by atoms with Crippen LogP contribution in [0.3, 0.4) is 0 Å². The third-order valence-electron chi connectivity index (χ3n) is 1.86. The van der Waals surface area contributed by atoms with Crippen LogP contribution in [0.5, 0.6) is 0 Å². The van der Waals surface area contributed by atoms with Crippen molar-refractivity contribution in [1.29, 1.82) is 5.41 Å². The van der Waals surface area contributed by atoms with E-state index in [2.05, 4.69) is 0 Å². The molecular weight excluding hydrogens is 260 g/mol. The van der Waals surface area contributed by atoms with Gasteiger partial charge in [-0.15, -0.1) is 0 Å². The Labute approximate surface area is 103 Å². The maximum Gasteiger partial charge on any atom is 0.264 e. The molecule has 8 nitrogen and oxygen atoms in total. The van der Waals surface area contributed by atoms with Gasteiger partial charge in [0.15, 0.2) is 5.96 Å². The maximum atomic E-state index is 11.6. The molecule has 0 unspecified atom stereocenters. The quantitative estimate of drug-likeness (QED) is 0.307. The number of nitrogens with one attached hydrogen (secondary N) is 3. The molecular formula is C9H10N4O4S.